The van der Waals surface area contributed by atoms with Gasteiger partial charge in [-0.3, -0.25) is 4.79 Å². The third kappa shape index (κ3) is 3.07. The first-order valence-corrected chi connectivity index (χ1v) is 6.69. The number of nitrogens with zero attached hydrogens (tertiary/aromatic N) is 1. The summed E-state index contributed by atoms with van der Waals surface area (Å²) in [5.41, 5.74) is 0.590. The van der Waals surface area contributed by atoms with Crippen molar-refractivity contribution < 1.29 is 18.7 Å². The van der Waals surface area contributed by atoms with Crippen LogP contribution in [0.2, 0.25) is 0 Å². The van der Waals surface area contributed by atoms with Crippen LogP contribution in [0.4, 0.5) is 14.5 Å². The summed E-state index contributed by atoms with van der Waals surface area (Å²) < 4.78 is 26.1. The molecule has 2 N–H and O–H groups in total. The lowest BCUT2D eigenvalue weighted by atomic mass is 9.99. The second kappa shape index (κ2) is 6.17. The Balaban J connectivity index is 2.07. The minimum atomic E-state index is -0.882. The standard InChI is InChI=1S/C14H18F2N2O2/c1-2-17-13(14(19)20)9-5-6-18(8-9)10-3-4-11(15)12(16)7-10/h3-4,7,9,13,17H,2,5-6,8H2,1H3,(H,19,20). The van der Waals surface area contributed by atoms with Crippen molar-refractivity contribution in [3.05, 3.63) is 29.8 Å². The van der Waals surface area contributed by atoms with Gasteiger partial charge in [-0.25, -0.2) is 8.78 Å². The SMILES string of the molecule is CCNC(C(=O)O)C1CCN(c2ccc(F)c(F)c2)C1. The van der Waals surface area contributed by atoms with E-state index in [4.69, 9.17) is 0 Å². The molecule has 2 rings (SSSR count). The molecule has 2 atom stereocenters. The second-order valence-electron chi connectivity index (χ2n) is 4.97. The molecule has 0 bridgehead atoms. The highest BCUT2D eigenvalue weighted by atomic mass is 19.2. The molecule has 2 unspecified atom stereocenters. The van der Waals surface area contributed by atoms with Crippen molar-refractivity contribution >= 4 is 11.7 Å². The molecule has 0 amide bonds. The highest BCUT2D eigenvalue weighted by Crippen LogP contribution is 2.27. The van der Waals surface area contributed by atoms with Gasteiger partial charge in [-0.2, -0.15) is 0 Å². The molecule has 110 valence electrons. The number of nitrogens with one attached hydrogen (secondary N) is 1. The predicted molar refractivity (Wildman–Crippen MR) is 71.8 cm³/mol. The Bertz CT molecular complexity index is 496. The average molecular weight is 284 g/mol. The van der Waals surface area contributed by atoms with Crippen molar-refractivity contribution in [3.8, 4) is 0 Å². The Morgan fingerprint density at radius 2 is 2.25 bits per heavy atom. The van der Waals surface area contributed by atoms with E-state index in [0.29, 0.717) is 31.7 Å². The molecule has 0 saturated carbocycles. The first-order valence-electron chi connectivity index (χ1n) is 6.69. The van der Waals surface area contributed by atoms with Crippen molar-refractivity contribution in [3.63, 3.8) is 0 Å². The highest BCUT2D eigenvalue weighted by Gasteiger charge is 2.33. The number of hydrogen-bond acceptors (Lipinski definition) is 3. The van der Waals surface area contributed by atoms with Crippen LogP contribution in [0.5, 0.6) is 0 Å². The Labute approximate surface area is 116 Å². The number of halogens is 2. The summed E-state index contributed by atoms with van der Waals surface area (Å²) in [5, 5.41) is 12.2. The maximum Gasteiger partial charge on any atom is 0.321 e. The van der Waals surface area contributed by atoms with Crippen LogP contribution < -0.4 is 10.2 Å². The fraction of sp³-hybridized carbons (Fsp3) is 0.500. The quantitative estimate of drug-likeness (QED) is 0.866. The van der Waals surface area contributed by atoms with Crippen LogP contribution in [-0.4, -0.2) is 36.8 Å². The van der Waals surface area contributed by atoms with Crippen molar-refractivity contribution in [2.45, 2.75) is 19.4 Å². The summed E-state index contributed by atoms with van der Waals surface area (Å²) in [6.45, 7) is 3.61. The monoisotopic (exact) mass is 284 g/mol. The Hall–Kier alpha value is -1.69. The van der Waals surface area contributed by atoms with Gasteiger partial charge in [-0.15, -0.1) is 0 Å². The van der Waals surface area contributed by atoms with E-state index in [0.717, 1.165) is 12.1 Å². The molecule has 1 heterocycles. The number of rotatable bonds is 5. The molecule has 0 aliphatic carbocycles. The van der Waals surface area contributed by atoms with Crippen molar-refractivity contribution in [1.29, 1.82) is 0 Å². The van der Waals surface area contributed by atoms with E-state index in [9.17, 15) is 18.7 Å². The van der Waals surface area contributed by atoms with Crippen LogP contribution in [0.1, 0.15) is 13.3 Å². The van der Waals surface area contributed by atoms with Crippen LogP contribution in [0.25, 0.3) is 0 Å². The van der Waals surface area contributed by atoms with E-state index in [1.807, 2.05) is 11.8 Å². The van der Waals surface area contributed by atoms with Crippen LogP contribution >= 0.6 is 0 Å². The van der Waals surface area contributed by atoms with E-state index in [-0.39, 0.29) is 5.92 Å². The fourth-order valence-electron chi connectivity index (χ4n) is 2.65. The zero-order chi connectivity index (χ0) is 14.7. The number of anilines is 1. The summed E-state index contributed by atoms with van der Waals surface area (Å²) in [4.78, 5) is 13.1. The third-order valence-electron chi connectivity index (χ3n) is 3.65. The van der Waals surface area contributed by atoms with Crippen LogP contribution in [0.3, 0.4) is 0 Å². The van der Waals surface area contributed by atoms with Crippen LogP contribution in [0, 0.1) is 17.6 Å². The minimum Gasteiger partial charge on any atom is -0.480 e. The molecule has 0 radical (unpaired) electrons. The fourth-order valence-corrected chi connectivity index (χ4v) is 2.65. The number of carboxylic acid groups (broad SMARTS) is 1. The summed E-state index contributed by atoms with van der Waals surface area (Å²) in [6.07, 6.45) is 0.711. The molecular weight excluding hydrogens is 266 g/mol. The summed E-state index contributed by atoms with van der Waals surface area (Å²) in [7, 11) is 0. The van der Waals surface area contributed by atoms with Crippen molar-refractivity contribution in [2.24, 2.45) is 5.92 Å². The van der Waals surface area contributed by atoms with Gasteiger partial charge in [0.15, 0.2) is 11.6 Å². The van der Waals surface area contributed by atoms with Crippen molar-refractivity contribution in [1.82, 2.24) is 5.32 Å². The van der Waals surface area contributed by atoms with Gasteiger partial charge in [-0.1, -0.05) is 6.92 Å². The molecule has 1 aliphatic rings. The maximum absolute atomic E-state index is 13.2. The summed E-state index contributed by atoms with van der Waals surface area (Å²) >= 11 is 0. The molecule has 1 aromatic carbocycles. The van der Waals surface area contributed by atoms with Gasteiger partial charge in [0.05, 0.1) is 0 Å². The number of carbonyl (C=O) groups is 1. The van der Waals surface area contributed by atoms with Gasteiger partial charge in [0.2, 0.25) is 0 Å². The van der Waals surface area contributed by atoms with Crippen molar-refractivity contribution in [2.75, 3.05) is 24.5 Å². The Kier molecular flexibility index (Phi) is 4.54. The number of hydrogen-bond donors (Lipinski definition) is 2. The summed E-state index contributed by atoms with van der Waals surface area (Å²) in [5.74, 6) is -2.67. The third-order valence-corrected chi connectivity index (χ3v) is 3.65. The van der Waals surface area contributed by atoms with Gasteiger partial charge in [0.1, 0.15) is 6.04 Å². The lowest BCUT2D eigenvalue weighted by Crippen LogP contribution is -2.43. The maximum atomic E-state index is 13.2. The van der Waals surface area contributed by atoms with Gasteiger partial charge >= 0.3 is 5.97 Å². The number of benzene rings is 1. The molecule has 6 heteroatoms. The van der Waals surface area contributed by atoms with E-state index in [1.54, 1.807) is 0 Å². The molecule has 1 aliphatic heterocycles. The van der Waals surface area contributed by atoms with Gasteiger partial charge in [0.25, 0.3) is 0 Å². The van der Waals surface area contributed by atoms with E-state index in [1.165, 1.54) is 6.07 Å². The van der Waals surface area contributed by atoms with Gasteiger partial charge in [0, 0.05) is 30.8 Å². The molecular formula is C14H18F2N2O2. The van der Waals surface area contributed by atoms with E-state index in [2.05, 4.69) is 5.32 Å². The van der Waals surface area contributed by atoms with E-state index < -0.39 is 23.6 Å². The zero-order valence-corrected chi connectivity index (χ0v) is 11.3. The number of aliphatic carboxylic acids is 1. The number of likely N-dealkylation sites (N-methyl/N-ethyl adjacent to an activating group) is 1. The van der Waals surface area contributed by atoms with Crippen LogP contribution in [0.15, 0.2) is 18.2 Å². The molecule has 0 aromatic heterocycles. The van der Waals surface area contributed by atoms with Crippen LogP contribution in [-0.2, 0) is 4.79 Å². The molecule has 0 spiro atoms. The van der Waals surface area contributed by atoms with E-state index >= 15 is 0 Å². The van der Waals surface area contributed by atoms with Gasteiger partial charge < -0.3 is 15.3 Å². The second-order valence-corrected chi connectivity index (χ2v) is 4.97. The lowest BCUT2D eigenvalue weighted by molar-refractivity contribution is -0.140. The largest absolute Gasteiger partial charge is 0.480 e. The Morgan fingerprint density at radius 3 is 2.85 bits per heavy atom. The molecule has 1 saturated heterocycles. The lowest BCUT2D eigenvalue weighted by Gasteiger charge is -2.22. The van der Waals surface area contributed by atoms with Gasteiger partial charge in [-0.05, 0) is 25.1 Å². The number of carboxylic acids is 1. The highest BCUT2D eigenvalue weighted by molar-refractivity contribution is 5.74. The predicted octanol–water partition coefficient (Wildman–Crippen LogP) is 1.85. The molecule has 1 fully saturated rings. The normalized spacial score (nSPS) is 20.1. The zero-order valence-electron chi connectivity index (χ0n) is 11.3. The Morgan fingerprint density at radius 1 is 1.50 bits per heavy atom. The molecule has 4 nitrogen and oxygen atoms in total. The summed E-state index contributed by atoms with van der Waals surface area (Å²) in [6, 6.07) is 3.16. The topological polar surface area (TPSA) is 52.6 Å². The first-order chi connectivity index (χ1) is 9.52. The minimum absolute atomic E-state index is 0.0411. The molecule has 1 aromatic rings. The molecule has 20 heavy (non-hydrogen) atoms. The average Bonchev–Trinajstić information content (AvgIpc) is 2.88. The smallest absolute Gasteiger partial charge is 0.321 e. The first kappa shape index (κ1) is 14.7.